The van der Waals surface area contributed by atoms with E-state index in [4.69, 9.17) is 17.0 Å². The smallest absolute Gasteiger partial charge is 0.277 e. The summed E-state index contributed by atoms with van der Waals surface area (Å²) in [4.78, 5) is 16.5. The molecule has 2 aliphatic rings. The van der Waals surface area contributed by atoms with E-state index in [0.717, 1.165) is 28.6 Å². The van der Waals surface area contributed by atoms with Gasteiger partial charge in [-0.05, 0) is 63.0 Å². The highest BCUT2D eigenvalue weighted by atomic mass is 32.1. The zero-order valence-corrected chi connectivity index (χ0v) is 16.0. The van der Waals surface area contributed by atoms with Crippen molar-refractivity contribution in [2.45, 2.75) is 45.6 Å². The number of aromatic hydroxyl groups is 1. The van der Waals surface area contributed by atoms with Crippen molar-refractivity contribution in [1.82, 2.24) is 9.88 Å². The van der Waals surface area contributed by atoms with Crippen molar-refractivity contribution in [2.24, 2.45) is 4.99 Å². The highest BCUT2D eigenvalue weighted by Crippen LogP contribution is 2.49. The average Bonchev–Trinajstić information content (AvgIpc) is 3.01. The van der Waals surface area contributed by atoms with Gasteiger partial charge in [0.2, 0.25) is 11.0 Å². The molecule has 0 fully saturated rings. The maximum absolute atomic E-state index is 12.3. The lowest BCUT2D eigenvalue weighted by molar-refractivity contribution is -0.113. The van der Waals surface area contributed by atoms with Gasteiger partial charge in [-0.1, -0.05) is 6.92 Å². The van der Waals surface area contributed by atoms with Gasteiger partial charge in [0.05, 0.1) is 17.7 Å². The maximum atomic E-state index is 12.3. The molecule has 1 atom stereocenters. The molecule has 136 valence electrons. The van der Waals surface area contributed by atoms with Crippen molar-refractivity contribution in [2.75, 3.05) is 6.61 Å². The van der Waals surface area contributed by atoms with Gasteiger partial charge < -0.3 is 14.4 Å². The van der Waals surface area contributed by atoms with E-state index in [1.807, 2.05) is 23.6 Å². The van der Waals surface area contributed by atoms with E-state index in [1.54, 1.807) is 0 Å². The van der Waals surface area contributed by atoms with Gasteiger partial charge in [0, 0.05) is 10.9 Å². The van der Waals surface area contributed by atoms with Crippen LogP contribution in [0.5, 0.6) is 11.6 Å². The van der Waals surface area contributed by atoms with Gasteiger partial charge in [-0.25, -0.2) is 4.99 Å². The van der Waals surface area contributed by atoms with Crippen molar-refractivity contribution >= 4 is 39.9 Å². The minimum Gasteiger partial charge on any atom is -0.494 e. The fraction of sp³-hybridized carbons (Fsp3) is 0.421. The molecule has 0 radical (unpaired) electrons. The number of thiocarbonyl (C=S) groups is 1. The molecule has 0 saturated carbocycles. The molecule has 26 heavy (non-hydrogen) atoms. The summed E-state index contributed by atoms with van der Waals surface area (Å²) in [6, 6.07) is 3.91. The summed E-state index contributed by atoms with van der Waals surface area (Å²) in [6.45, 7) is 8.82. The number of nitrogens with zero attached hydrogens (tertiary/aromatic N) is 2. The molecule has 6 nitrogen and oxygen atoms in total. The van der Waals surface area contributed by atoms with Crippen molar-refractivity contribution in [3.8, 4) is 11.6 Å². The number of hydrogen-bond acceptors (Lipinski definition) is 4. The first-order chi connectivity index (χ1) is 12.2. The van der Waals surface area contributed by atoms with Gasteiger partial charge in [-0.3, -0.25) is 10.1 Å². The summed E-state index contributed by atoms with van der Waals surface area (Å²) in [5.41, 5.74) is 2.31. The van der Waals surface area contributed by atoms with E-state index in [-0.39, 0.29) is 22.2 Å². The Hall–Kier alpha value is -2.41. The van der Waals surface area contributed by atoms with Gasteiger partial charge >= 0.3 is 0 Å². The fourth-order valence-electron chi connectivity index (χ4n) is 4.31. The Morgan fingerprint density at radius 3 is 2.81 bits per heavy atom. The first kappa shape index (κ1) is 17.0. The summed E-state index contributed by atoms with van der Waals surface area (Å²) in [7, 11) is 0. The van der Waals surface area contributed by atoms with E-state index in [0.29, 0.717) is 18.1 Å². The molecule has 1 aromatic heterocycles. The largest absolute Gasteiger partial charge is 0.494 e. The standard InChI is InChI=1S/C19H21N3O3S/c1-5-25-10-6-11-9(2)8-19(3,4)22-15(11)12(7-10)13(17(22)24)14-16(23)21-18(26)20-14/h6-7,9,24H,5,8H2,1-4H3,(H,21,23,26)/t9-/m0/s1. The number of benzene rings is 1. The summed E-state index contributed by atoms with van der Waals surface area (Å²) in [5.74, 6) is 0.674. The van der Waals surface area contributed by atoms with Gasteiger partial charge in [0.25, 0.3) is 5.91 Å². The van der Waals surface area contributed by atoms with Crippen LogP contribution in [0, 0.1) is 0 Å². The van der Waals surface area contributed by atoms with Crippen LogP contribution >= 0.6 is 12.2 Å². The lowest BCUT2D eigenvalue weighted by Gasteiger charge is -2.37. The summed E-state index contributed by atoms with van der Waals surface area (Å²) in [6.07, 6.45) is 0.865. The second-order valence-corrected chi connectivity index (χ2v) is 7.90. The van der Waals surface area contributed by atoms with Crippen LogP contribution in [-0.2, 0) is 10.3 Å². The Morgan fingerprint density at radius 1 is 1.46 bits per heavy atom. The molecule has 3 heterocycles. The van der Waals surface area contributed by atoms with Gasteiger partial charge in [-0.15, -0.1) is 0 Å². The number of carbonyl (C=O) groups excluding carboxylic acids is 1. The molecule has 1 aromatic carbocycles. The molecule has 0 aliphatic carbocycles. The van der Waals surface area contributed by atoms with Crippen molar-refractivity contribution in [1.29, 1.82) is 0 Å². The normalized spacial score (nSPS) is 21.1. The van der Waals surface area contributed by atoms with Crippen LogP contribution in [0.15, 0.2) is 17.1 Å². The van der Waals surface area contributed by atoms with Gasteiger partial charge in [0.15, 0.2) is 0 Å². The molecule has 0 saturated heterocycles. The predicted octanol–water partition coefficient (Wildman–Crippen LogP) is 3.19. The third-order valence-corrected chi connectivity index (χ3v) is 5.37. The van der Waals surface area contributed by atoms with Crippen LogP contribution in [0.25, 0.3) is 10.9 Å². The quantitative estimate of drug-likeness (QED) is 0.813. The maximum Gasteiger partial charge on any atom is 0.277 e. The Bertz CT molecular complexity index is 1000. The van der Waals surface area contributed by atoms with Crippen molar-refractivity contribution < 1.29 is 14.6 Å². The number of aliphatic imine (C=N–C) groups is 1. The molecule has 2 N–H and O–H groups in total. The van der Waals surface area contributed by atoms with Gasteiger partial charge in [-0.2, -0.15) is 0 Å². The van der Waals surface area contributed by atoms with E-state index in [2.05, 4.69) is 31.1 Å². The van der Waals surface area contributed by atoms with Gasteiger partial charge in [0.1, 0.15) is 11.5 Å². The van der Waals surface area contributed by atoms with Crippen molar-refractivity contribution in [3.05, 3.63) is 23.3 Å². The van der Waals surface area contributed by atoms with E-state index in [9.17, 15) is 9.90 Å². The van der Waals surface area contributed by atoms with Crippen LogP contribution in [-0.4, -0.2) is 33.0 Å². The summed E-state index contributed by atoms with van der Waals surface area (Å²) < 4.78 is 7.66. The summed E-state index contributed by atoms with van der Waals surface area (Å²) in [5, 5.41) is 14.5. The van der Waals surface area contributed by atoms with E-state index < -0.39 is 5.91 Å². The third-order valence-electron chi connectivity index (χ3n) is 5.18. The Morgan fingerprint density at radius 2 is 2.19 bits per heavy atom. The number of nitrogens with one attached hydrogen (secondary N) is 1. The number of aromatic nitrogens is 1. The lowest BCUT2D eigenvalue weighted by atomic mass is 9.82. The molecular weight excluding hydrogens is 350 g/mol. The SMILES string of the molecule is CCOc1cc2c3c(c1)c(C1=NC(=S)NC1=O)c(O)n3C(C)(C)C[C@@H]2C. The first-order valence-corrected chi connectivity index (χ1v) is 9.14. The number of amides is 1. The predicted molar refractivity (Wildman–Crippen MR) is 104 cm³/mol. The van der Waals surface area contributed by atoms with Crippen LogP contribution < -0.4 is 10.1 Å². The first-order valence-electron chi connectivity index (χ1n) is 8.73. The molecule has 4 rings (SSSR count). The Kier molecular flexibility index (Phi) is 3.63. The Balaban J connectivity index is 2.13. The number of hydrogen-bond donors (Lipinski definition) is 2. The second kappa shape index (κ2) is 5.54. The molecule has 2 aromatic rings. The van der Waals surface area contributed by atoms with Crippen LogP contribution in [0.4, 0.5) is 0 Å². The minimum absolute atomic E-state index is 0.0467. The number of rotatable bonds is 3. The molecular formula is C19H21N3O3S. The topological polar surface area (TPSA) is 75.8 Å². The highest BCUT2D eigenvalue weighted by Gasteiger charge is 2.39. The van der Waals surface area contributed by atoms with Crippen LogP contribution in [0.1, 0.15) is 51.2 Å². The zero-order chi connectivity index (χ0) is 18.8. The van der Waals surface area contributed by atoms with E-state index >= 15 is 0 Å². The molecule has 0 spiro atoms. The average molecular weight is 371 g/mol. The molecule has 7 heteroatoms. The minimum atomic E-state index is -0.391. The zero-order valence-electron chi connectivity index (χ0n) is 15.2. The Labute approximate surface area is 156 Å². The molecule has 0 unspecified atom stereocenters. The second-order valence-electron chi connectivity index (χ2n) is 7.51. The lowest BCUT2D eigenvalue weighted by Crippen LogP contribution is -2.31. The number of carbonyl (C=O) groups is 1. The van der Waals surface area contributed by atoms with Crippen LogP contribution in [0.3, 0.4) is 0 Å². The van der Waals surface area contributed by atoms with Crippen molar-refractivity contribution in [3.63, 3.8) is 0 Å². The molecule has 1 amide bonds. The monoisotopic (exact) mass is 371 g/mol. The summed E-state index contributed by atoms with van der Waals surface area (Å²) >= 11 is 5.01. The van der Waals surface area contributed by atoms with Crippen LogP contribution in [0.2, 0.25) is 0 Å². The number of ether oxygens (including phenoxy) is 1. The third kappa shape index (κ3) is 2.26. The molecule has 2 aliphatic heterocycles. The van der Waals surface area contributed by atoms with E-state index in [1.165, 1.54) is 0 Å². The molecule has 0 bridgehead atoms. The highest BCUT2D eigenvalue weighted by molar-refractivity contribution is 7.80. The fourth-order valence-corrected chi connectivity index (χ4v) is 4.50.